The summed E-state index contributed by atoms with van der Waals surface area (Å²) in [5, 5.41) is 19.9. The van der Waals surface area contributed by atoms with Crippen molar-refractivity contribution in [1.29, 1.82) is 0 Å². The van der Waals surface area contributed by atoms with E-state index in [0.29, 0.717) is 11.3 Å². The largest absolute Gasteiger partial charge is 0.481 e. The molecule has 0 bridgehead atoms. The number of rotatable bonds is 6. The van der Waals surface area contributed by atoms with E-state index in [1.807, 2.05) is 0 Å². The molecule has 1 aromatic carbocycles. The molecule has 1 unspecified atom stereocenters. The Kier molecular flexibility index (Phi) is 5.86. The Morgan fingerprint density at radius 1 is 1.18 bits per heavy atom. The zero-order valence-corrected chi connectivity index (χ0v) is 14.3. The first kappa shape index (κ1) is 19.3. The van der Waals surface area contributed by atoms with Crippen LogP contribution in [0.4, 0.5) is 13.2 Å². The number of aromatic nitrogens is 5. The van der Waals surface area contributed by atoms with Crippen LogP contribution in [0.5, 0.6) is 5.75 Å². The Morgan fingerprint density at radius 2 is 1.96 bits per heavy atom. The molecule has 0 spiro atoms. The molecule has 28 heavy (non-hydrogen) atoms. The van der Waals surface area contributed by atoms with Gasteiger partial charge in [0, 0.05) is 11.8 Å². The highest BCUT2D eigenvalue weighted by Gasteiger charge is 2.42. The van der Waals surface area contributed by atoms with E-state index in [4.69, 9.17) is 4.74 Å². The Bertz CT molecular complexity index is 952. The number of aliphatic hydroxyl groups excluding tert-OH is 1. The van der Waals surface area contributed by atoms with Crippen LogP contribution in [-0.2, 0) is 12.5 Å². The summed E-state index contributed by atoms with van der Waals surface area (Å²) in [6.45, 7) is -0.446. The van der Waals surface area contributed by atoms with Gasteiger partial charge in [0.25, 0.3) is 0 Å². The second-order valence-corrected chi connectivity index (χ2v) is 5.65. The van der Waals surface area contributed by atoms with Crippen molar-refractivity contribution in [2.75, 3.05) is 6.61 Å². The van der Waals surface area contributed by atoms with Gasteiger partial charge in [0.05, 0.1) is 6.54 Å². The van der Waals surface area contributed by atoms with E-state index in [2.05, 4.69) is 32.4 Å². The predicted octanol–water partition coefficient (Wildman–Crippen LogP) is 1.79. The van der Waals surface area contributed by atoms with Crippen molar-refractivity contribution in [2.45, 2.75) is 18.6 Å². The van der Waals surface area contributed by atoms with E-state index in [1.54, 1.807) is 0 Å². The molecule has 3 aromatic rings. The Balaban J connectivity index is 1.59. The second kappa shape index (κ2) is 8.49. The average molecular weight is 389 g/mol. The lowest BCUT2D eigenvalue weighted by Crippen LogP contribution is -2.35. The van der Waals surface area contributed by atoms with Gasteiger partial charge in [-0.3, -0.25) is 4.98 Å². The quantitative estimate of drug-likeness (QED) is 0.647. The molecule has 1 N–H and O–H groups in total. The molecule has 7 nitrogen and oxygen atoms in total. The van der Waals surface area contributed by atoms with Crippen LogP contribution >= 0.6 is 0 Å². The zero-order valence-electron chi connectivity index (χ0n) is 14.3. The van der Waals surface area contributed by atoms with E-state index in [9.17, 15) is 18.3 Å². The summed E-state index contributed by atoms with van der Waals surface area (Å²) >= 11 is 0. The SMILES string of the molecule is OC(Cn1cnnn1)C(F)(F)c1ccc(C#CCOc2ccc(F)cc2)cn1. The highest BCUT2D eigenvalue weighted by molar-refractivity contribution is 5.33. The number of tetrazole rings is 1. The van der Waals surface area contributed by atoms with Crippen molar-refractivity contribution < 1.29 is 23.0 Å². The molecule has 10 heteroatoms. The fourth-order valence-electron chi connectivity index (χ4n) is 2.18. The van der Waals surface area contributed by atoms with Gasteiger partial charge in [0.15, 0.2) is 0 Å². The highest BCUT2D eigenvalue weighted by Crippen LogP contribution is 2.31. The maximum Gasteiger partial charge on any atom is 0.316 e. The van der Waals surface area contributed by atoms with Gasteiger partial charge in [0.2, 0.25) is 0 Å². The first-order chi connectivity index (χ1) is 13.4. The van der Waals surface area contributed by atoms with Gasteiger partial charge in [-0.15, -0.1) is 5.10 Å². The summed E-state index contributed by atoms with van der Waals surface area (Å²) in [6.07, 6.45) is 0.252. The van der Waals surface area contributed by atoms with Gasteiger partial charge in [-0.25, -0.2) is 9.07 Å². The van der Waals surface area contributed by atoms with Crippen molar-refractivity contribution in [3.63, 3.8) is 0 Å². The minimum Gasteiger partial charge on any atom is -0.481 e. The van der Waals surface area contributed by atoms with Crippen LogP contribution in [0.25, 0.3) is 0 Å². The van der Waals surface area contributed by atoms with E-state index in [1.165, 1.54) is 36.5 Å². The second-order valence-electron chi connectivity index (χ2n) is 5.65. The minimum atomic E-state index is -3.59. The molecule has 0 amide bonds. The van der Waals surface area contributed by atoms with Crippen molar-refractivity contribution in [3.8, 4) is 17.6 Å². The summed E-state index contributed by atoms with van der Waals surface area (Å²) in [5.41, 5.74) is -0.196. The number of alkyl halides is 2. The van der Waals surface area contributed by atoms with Crippen molar-refractivity contribution in [3.05, 3.63) is 66.0 Å². The molecule has 0 radical (unpaired) electrons. The summed E-state index contributed by atoms with van der Waals surface area (Å²) in [4.78, 5) is 3.69. The van der Waals surface area contributed by atoms with Crippen molar-refractivity contribution >= 4 is 0 Å². The summed E-state index contributed by atoms with van der Waals surface area (Å²) < 4.78 is 47.7. The number of pyridine rings is 1. The molecule has 3 rings (SSSR count). The monoisotopic (exact) mass is 389 g/mol. The third-order valence-electron chi connectivity index (χ3n) is 3.63. The Hall–Kier alpha value is -3.45. The fourth-order valence-corrected chi connectivity index (χ4v) is 2.18. The molecule has 0 aliphatic heterocycles. The Morgan fingerprint density at radius 3 is 2.61 bits per heavy atom. The van der Waals surface area contributed by atoms with Gasteiger partial charge < -0.3 is 9.84 Å². The number of benzene rings is 1. The molecular formula is C18H14F3N5O2. The van der Waals surface area contributed by atoms with E-state index in [-0.39, 0.29) is 12.4 Å². The molecule has 2 heterocycles. The molecule has 2 aromatic heterocycles. The maximum absolute atomic E-state index is 14.3. The van der Waals surface area contributed by atoms with Crippen LogP contribution in [0.2, 0.25) is 0 Å². The number of hydrogen-bond acceptors (Lipinski definition) is 6. The lowest BCUT2D eigenvalue weighted by Gasteiger charge is -2.21. The topological polar surface area (TPSA) is 86.0 Å². The third kappa shape index (κ3) is 4.83. The summed E-state index contributed by atoms with van der Waals surface area (Å²) in [5.74, 6) is 1.92. The van der Waals surface area contributed by atoms with Crippen LogP contribution in [-0.4, -0.2) is 43.0 Å². The van der Waals surface area contributed by atoms with Crippen LogP contribution in [0, 0.1) is 17.7 Å². The van der Waals surface area contributed by atoms with Crippen molar-refractivity contribution in [1.82, 2.24) is 25.2 Å². The summed E-state index contributed by atoms with van der Waals surface area (Å²) in [6, 6.07) is 7.92. The van der Waals surface area contributed by atoms with Gasteiger partial charge in [-0.2, -0.15) is 8.78 Å². The lowest BCUT2D eigenvalue weighted by molar-refractivity contribution is -0.124. The molecule has 0 fully saturated rings. The normalized spacial score (nSPS) is 12.1. The van der Waals surface area contributed by atoms with Crippen molar-refractivity contribution in [2.24, 2.45) is 0 Å². The van der Waals surface area contributed by atoms with Gasteiger partial charge in [-0.1, -0.05) is 11.8 Å². The molecule has 0 saturated carbocycles. The molecule has 0 saturated heterocycles. The van der Waals surface area contributed by atoms with E-state index in [0.717, 1.165) is 17.1 Å². The molecule has 1 atom stereocenters. The molecule has 0 aliphatic carbocycles. The van der Waals surface area contributed by atoms with Gasteiger partial charge >= 0.3 is 5.92 Å². The third-order valence-corrected chi connectivity index (χ3v) is 3.63. The number of aliphatic hydroxyl groups is 1. The average Bonchev–Trinajstić information content (AvgIpc) is 3.20. The smallest absolute Gasteiger partial charge is 0.316 e. The van der Waals surface area contributed by atoms with E-state index < -0.39 is 24.3 Å². The molecule has 0 aliphatic rings. The van der Waals surface area contributed by atoms with Crippen LogP contribution in [0.1, 0.15) is 11.3 Å². The van der Waals surface area contributed by atoms with Gasteiger partial charge in [-0.05, 0) is 46.8 Å². The maximum atomic E-state index is 14.3. The number of halogens is 3. The van der Waals surface area contributed by atoms with Crippen LogP contribution in [0.3, 0.4) is 0 Å². The first-order valence-electron chi connectivity index (χ1n) is 8.05. The highest BCUT2D eigenvalue weighted by atomic mass is 19.3. The summed E-state index contributed by atoms with van der Waals surface area (Å²) in [7, 11) is 0. The minimum absolute atomic E-state index is 0.0359. The van der Waals surface area contributed by atoms with E-state index >= 15 is 0 Å². The molecule has 144 valence electrons. The first-order valence-corrected chi connectivity index (χ1v) is 8.05. The predicted molar refractivity (Wildman–Crippen MR) is 90.7 cm³/mol. The zero-order chi connectivity index (χ0) is 20.0. The van der Waals surface area contributed by atoms with Gasteiger partial charge in [0.1, 0.15) is 36.3 Å². The number of hydrogen-bond donors (Lipinski definition) is 1. The standard InChI is InChI=1S/C18H14F3N5O2/c19-14-4-6-15(7-5-14)28-9-1-2-13-3-8-16(22-10-13)18(20,21)17(27)11-26-12-23-24-25-26/h3-8,10,12,17,27H,9,11H2. The number of nitrogens with zero attached hydrogens (tertiary/aromatic N) is 5. The number of ether oxygens (including phenoxy) is 1. The van der Waals surface area contributed by atoms with Crippen LogP contribution in [0.15, 0.2) is 48.9 Å². The molecular weight excluding hydrogens is 375 g/mol. The lowest BCUT2D eigenvalue weighted by atomic mass is 10.1. The Labute approximate surface area is 157 Å². The fraction of sp³-hybridized carbons (Fsp3) is 0.222. The van der Waals surface area contributed by atoms with Crippen LogP contribution < -0.4 is 4.74 Å².